The molecule has 2 saturated heterocycles. The number of aliphatic hydroxyl groups is 6. The molecular weight excluding hydrogens is 583 g/mol. The Morgan fingerprint density at radius 3 is 2.54 bits per heavy atom. The van der Waals surface area contributed by atoms with Gasteiger partial charge in [-0.2, -0.15) is 4.98 Å². The highest BCUT2D eigenvalue weighted by molar-refractivity contribution is 7.47. The highest BCUT2D eigenvalue weighted by atomic mass is 31.2. The van der Waals surface area contributed by atoms with Crippen LogP contribution in [0.2, 0.25) is 0 Å². The van der Waals surface area contributed by atoms with Gasteiger partial charge in [-0.3, -0.25) is 13.9 Å². The number of nitrogens with zero attached hydrogens (tertiary/aromatic N) is 2. The molecule has 11 atom stereocenters. The Balaban J connectivity index is 1.79. The number of carboxylic acid groups (broad SMARTS) is 1. The van der Waals surface area contributed by atoms with Gasteiger partial charge < -0.3 is 61.2 Å². The van der Waals surface area contributed by atoms with Gasteiger partial charge in [0, 0.05) is 19.5 Å². The van der Waals surface area contributed by atoms with Crippen LogP contribution in [0, 0.1) is 0 Å². The molecule has 0 bridgehead atoms. The summed E-state index contributed by atoms with van der Waals surface area (Å²) in [5, 5.41) is 72.7. The average molecular weight is 614 g/mol. The van der Waals surface area contributed by atoms with E-state index < -0.39 is 106 Å². The van der Waals surface area contributed by atoms with E-state index in [2.05, 4.69) is 10.3 Å². The first kappa shape index (κ1) is 32.9. The summed E-state index contributed by atoms with van der Waals surface area (Å²) < 4.78 is 33.7. The van der Waals surface area contributed by atoms with Gasteiger partial charge in [0.15, 0.2) is 6.23 Å². The number of nitrogens with one attached hydrogen (secondary N) is 1. The van der Waals surface area contributed by atoms with Gasteiger partial charge in [0.25, 0.3) is 5.79 Å². The maximum absolute atomic E-state index is 12.8. The molecule has 20 nitrogen and oxygen atoms in total. The largest absolute Gasteiger partial charge is 0.477 e. The summed E-state index contributed by atoms with van der Waals surface area (Å²) in [5.41, 5.74) is 4.46. The third-order valence-electron chi connectivity index (χ3n) is 6.31. The highest BCUT2D eigenvalue weighted by Gasteiger charge is 2.59. The van der Waals surface area contributed by atoms with Crippen molar-refractivity contribution >= 4 is 25.5 Å². The number of nitrogen functional groups attached to an aromatic ring is 1. The van der Waals surface area contributed by atoms with Crippen molar-refractivity contribution in [3.8, 4) is 0 Å². The molecule has 0 saturated carbocycles. The number of amides is 1. The first-order chi connectivity index (χ1) is 19.0. The molecule has 0 aliphatic carbocycles. The number of carbonyl (C=O) groups excluding carboxylic acids is 1. The van der Waals surface area contributed by atoms with E-state index in [-0.39, 0.29) is 5.82 Å². The summed E-state index contributed by atoms with van der Waals surface area (Å²) >= 11 is 0. The molecule has 21 heteroatoms. The lowest BCUT2D eigenvalue weighted by Crippen LogP contribution is -2.67. The van der Waals surface area contributed by atoms with Crippen molar-refractivity contribution in [3.05, 3.63) is 22.7 Å². The minimum Gasteiger partial charge on any atom is -0.477 e. The first-order valence-electron chi connectivity index (χ1n) is 11.9. The van der Waals surface area contributed by atoms with Crippen LogP contribution in [0.1, 0.15) is 19.6 Å². The zero-order valence-corrected chi connectivity index (χ0v) is 22.1. The highest BCUT2D eigenvalue weighted by Crippen LogP contribution is 2.51. The molecule has 0 aromatic carbocycles. The Labute approximate surface area is 230 Å². The third kappa shape index (κ3) is 7.25. The Morgan fingerprint density at radius 2 is 1.98 bits per heavy atom. The minimum absolute atomic E-state index is 0.135. The number of phosphoric ester groups is 1. The number of rotatable bonds is 11. The summed E-state index contributed by atoms with van der Waals surface area (Å²) in [6.07, 6.45) is -14.6. The topological polar surface area (TPSA) is 323 Å². The van der Waals surface area contributed by atoms with E-state index in [1.165, 1.54) is 6.07 Å². The van der Waals surface area contributed by atoms with E-state index in [0.29, 0.717) is 0 Å². The number of aromatic nitrogens is 2. The number of phosphoric acid groups is 1. The predicted octanol–water partition coefficient (Wildman–Crippen LogP) is -5.27. The lowest BCUT2D eigenvalue weighted by atomic mass is 9.88. The maximum atomic E-state index is 12.8. The molecule has 11 N–H and O–H groups in total. The van der Waals surface area contributed by atoms with Crippen LogP contribution >= 0.6 is 7.82 Å². The zero-order valence-electron chi connectivity index (χ0n) is 21.2. The van der Waals surface area contributed by atoms with Crippen LogP contribution in [-0.4, -0.2) is 130 Å². The monoisotopic (exact) mass is 614 g/mol. The summed E-state index contributed by atoms with van der Waals surface area (Å²) in [7, 11) is -5.52. The van der Waals surface area contributed by atoms with Gasteiger partial charge in [0.05, 0.1) is 25.4 Å². The first-order valence-corrected chi connectivity index (χ1v) is 13.4. The molecule has 2 fully saturated rings. The fourth-order valence-corrected chi connectivity index (χ4v) is 5.27. The lowest BCUT2D eigenvalue weighted by Gasteiger charge is -2.46. The number of anilines is 1. The van der Waals surface area contributed by atoms with Crippen molar-refractivity contribution in [3.63, 3.8) is 0 Å². The summed E-state index contributed by atoms with van der Waals surface area (Å²) in [4.78, 5) is 49.6. The van der Waals surface area contributed by atoms with Gasteiger partial charge in [0.1, 0.15) is 42.4 Å². The molecular formula is C20H31N4O16P. The molecule has 1 aromatic heterocycles. The lowest BCUT2D eigenvalue weighted by molar-refractivity contribution is -0.289. The number of nitrogens with two attached hydrogens (primary N) is 1. The van der Waals surface area contributed by atoms with Gasteiger partial charge in [-0.1, -0.05) is 0 Å². The van der Waals surface area contributed by atoms with Crippen LogP contribution in [0.15, 0.2) is 17.1 Å². The second-order valence-electron chi connectivity index (χ2n) is 9.32. The normalized spacial score (nSPS) is 34.9. The smallest absolute Gasteiger partial charge is 0.475 e. The Bertz CT molecular complexity index is 1220. The molecule has 3 rings (SSSR count). The van der Waals surface area contributed by atoms with Crippen molar-refractivity contribution in [1.29, 1.82) is 0 Å². The molecule has 1 amide bonds. The Kier molecular flexibility index (Phi) is 10.2. The van der Waals surface area contributed by atoms with Crippen LogP contribution < -0.4 is 16.7 Å². The third-order valence-corrected chi connectivity index (χ3v) is 7.32. The Morgan fingerprint density at radius 1 is 1.32 bits per heavy atom. The van der Waals surface area contributed by atoms with Crippen LogP contribution in [0.3, 0.4) is 0 Å². The summed E-state index contributed by atoms with van der Waals surface area (Å²) in [6, 6.07) is -0.362. The van der Waals surface area contributed by atoms with E-state index in [4.69, 9.17) is 24.3 Å². The Hall–Kier alpha value is -2.59. The minimum atomic E-state index is -5.52. The van der Waals surface area contributed by atoms with Gasteiger partial charge in [0.2, 0.25) is 5.91 Å². The number of aliphatic hydroxyl groups excluding tert-OH is 6. The fourth-order valence-electron chi connectivity index (χ4n) is 4.32. The molecule has 0 spiro atoms. The van der Waals surface area contributed by atoms with Gasteiger partial charge >= 0.3 is 19.5 Å². The molecule has 3 heterocycles. The maximum Gasteiger partial charge on any atom is 0.475 e. The standard InChI is InChI=1S/C20H31N4O16P/c1-7(26)22-12-8(27)4-20(18(32)33,39-16(12)13(29)9(28)5-25)40-41(35,36)37-6-10-14(30)15(31)17(38-10)24-3-2-11(21)23-19(24)34/h2-3,8-10,12-17,25,27-31H,4-6H2,1H3,(H,22,26)(H,32,33)(H,35,36)(H2,21,23,34)/t8-,9?,10+,12+,13-,14+,15+,16+,17+,20+/m0/s1. The quantitative estimate of drug-likeness (QED) is 0.104. The van der Waals surface area contributed by atoms with E-state index >= 15 is 0 Å². The van der Waals surface area contributed by atoms with Crippen molar-refractivity contribution in [2.45, 2.75) is 74.1 Å². The summed E-state index contributed by atoms with van der Waals surface area (Å²) in [5.74, 6) is -6.20. The van der Waals surface area contributed by atoms with E-state index in [1.54, 1.807) is 0 Å². The number of carbonyl (C=O) groups is 2. The number of carboxylic acids is 1. The zero-order chi connectivity index (χ0) is 30.9. The van der Waals surface area contributed by atoms with Crippen molar-refractivity contribution < 1.29 is 73.3 Å². The second kappa shape index (κ2) is 12.7. The molecule has 2 aliphatic heterocycles. The molecule has 1 aromatic rings. The van der Waals surface area contributed by atoms with E-state index in [0.717, 1.165) is 17.7 Å². The molecule has 232 valence electrons. The van der Waals surface area contributed by atoms with Crippen LogP contribution in [0.4, 0.5) is 5.82 Å². The molecule has 0 radical (unpaired) electrons. The molecule has 41 heavy (non-hydrogen) atoms. The van der Waals surface area contributed by atoms with Gasteiger partial charge in [-0.05, 0) is 6.07 Å². The predicted molar refractivity (Wildman–Crippen MR) is 128 cm³/mol. The van der Waals surface area contributed by atoms with Crippen LogP contribution in [0.5, 0.6) is 0 Å². The number of aliphatic carboxylic acids is 1. The number of hydrogen-bond donors (Lipinski definition) is 10. The molecule has 2 aliphatic rings. The van der Waals surface area contributed by atoms with Crippen LogP contribution in [-0.2, 0) is 32.7 Å². The van der Waals surface area contributed by atoms with E-state index in [9.17, 15) is 59.6 Å². The van der Waals surface area contributed by atoms with Gasteiger partial charge in [-0.25, -0.2) is 18.7 Å². The van der Waals surface area contributed by atoms with Crippen molar-refractivity contribution in [2.75, 3.05) is 18.9 Å². The van der Waals surface area contributed by atoms with E-state index in [1.807, 2.05) is 0 Å². The van der Waals surface area contributed by atoms with Gasteiger partial charge in [-0.15, -0.1) is 0 Å². The fraction of sp³-hybridized carbons (Fsp3) is 0.700. The number of ether oxygens (including phenoxy) is 2. The van der Waals surface area contributed by atoms with Crippen molar-refractivity contribution in [1.82, 2.24) is 14.9 Å². The summed E-state index contributed by atoms with van der Waals surface area (Å²) in [6.45, 7) is -1.05. The van der Waals surface area contributed by atoms with Crippen LogP contribution in [0.25, 0.3) is 0 Å². The van der Waals surface area contributed by atoms with Crippen molar-refractivity contribution in [2.24, 2.45) is 0 Å². The average Bonchev–Trinajstić information content (AvgIpc) is 3.16. The molecule has 2 unspecified atom stereocenters. The second-order valence-corrected chi connectivity index (χ2v) is 10.7. The number of hydrogen-bond acceptors (Lipinski definition) is 16. The SMILES string of the molecule is CC(=O)N[C@H]1[C@H]([C@@H](O)C(O)CO)O[C@](OP(=O)(O)OC[C@H]2O[C@@H](n3ccc(N)nc3=O)[C@H](O)[C@@H]2O)(C(=O)O)C[C@@H]1O.